The summed E-state index contributed by atoms with van der Waals surface area (Å²) in [6, 6.07) is 9.39. The SMILES string of the molecule is CCOC(=O)[C@@H](OC(C)(C)C)c1c(C)c2c(c(C)c1-c1ccc3c(c1C)CCCO3)CN(S(=O)(=O)c1ccccc1[N+](=O)[O-])CC2. The van der Waals surface area contributed by atoms with Gasteiger partial charge in [0.25, 0.3) is 5.69 Å². The van der Waals surface area contributed by atoms with E-state index in [4.69, 9.17) is 14.2 Å². The molecule has 1 atom stereocenters. The van der Waals surface area contributed by atoms with Crippen LogP contribution in [0.3, 0.4) is 0 Å². The van der Waals surface area contributed by atoms with Crippen molar-refractivity contribution in [2.75, 3.05) is 19.8 Å². The molecule has 0 bridgehead atoms. The number of nitrogens with zero attached hydrogens (tertiary/aromatic N) is 2. The number of para-hydroxylation sites is 1. The Bertz CT molecular complexity index is 1810. The number of carbonyl (C=O) groups is 1. The molecule has 0 aliphatic carbocycles. The molecular weight excluding hydrogens is 608 g/mol. The average molecular weight is 651 g/mol. The van der Waals surface area contributed by atoms with Crippen LogP contribution < -0.4 is 4.74 Å². The van der Waals surface area contributed by atoms with E-state index in [9.17, 15) is 23.3 Å². The summed E-state index contributed by atoms with van der Waals surface area (Å²) in [6.45, 7) is 14.4. The zero-order chi connectivity index (χ0) is 33.6. The van der Waals surface area contributed by atoms with Crippen LogP contribution in [0.4, 0.5) is 5.69 Å². The minimum atomic E-state index is -4.20. The third kappa shape index (κ3) is 6.15. The quantitative estimate of drug-likeness (QED) is 0.150. The highest BCUT2D eigenvalue weighted by Crippen LogP contribution is 2.46. The minimum absolute atomic E-state index is 0.0287. The lowest BCUT2D eigenvalue weighted by molar-refractivity contribution is -0.387. The van der Waals surface area contributed by atoms with Gasteiger partial charge in [-0.15, -0.1) is 0 Å². The fourth-order valence-electron chi connectivity index (χ4n) is 6.72. The van der Waals surface area contributed by atoms with Crippen molar-refractivity contribution in [3.63, 3.8) is 0 Å². The summed E-state index contributed by atoms with van der Waals surface area (Å²) >= 11 is 0. The lowest BCUT2D eigenvalue weighted by atomic mass is 9.79. The molecule has 10 nitrogen and oxygen atoms in total. The Balaban J connectivity index is 1.75. The number of sulfonamides is 1. The van der Waals surface area contributed by atoms with Gasteiger partial charge in [-0.1, -0.05) is 18.2 Å². The molecule has 246 valence electrons. The summed E-state index contributed by atoms with van der Waals surface area (Å²) in [6.07, 6.45) is 1.08. The van der Waals surface area contributed by atoms with Crippen molar-refractivity contribution in [2.45, 2.75) is 90.9 Å². The monoisotopic (exact) mass is 650 g/mol. The van der Waals surface area contributed by atoms with E-state index in [2.05, 4.69) is 6.92 Å². The largest absolute Gasteiger partial charge is 0.493 e. The van der Waals surface area contributed by atoms with E-state index in [1.165, 1.54) is 28.6 Å². The highest BCUT2D eigenvalue weighted by atomic mass is 32.2. The molecule has 0 fully saturated rings. The second-order valence-corrected chi connectivity index (χ2v) is 14.7. The fourth-order valence-corrected chi connectivity index (χ4v) is 8.29. The number of rotatable bonds is 8. The zero-order valence-electron chi connectivity index (χ0n) is 27.6. The van der Waals surface area contributed by atoms with Gasteiger partial charge < -0.3 is 14.2 Å². The maximum atomic E-state index is 13.9. The van der Waals surface area contributed by atoms with Crippen molar-refractivity contribution in [2.24, 2.45) is 0 Å². The highest BCUT2D eigenvalue weighted by Gasteiger charge is 2.39. The van der Waals surface area contributed by atoms with E-state index in [1.807, 2.05) is 46.8 Å². The Morgan fingerprint density at radius 1 is 1.02 bits per heavy atom. The van der Waals surface area contributed by atoms with Gasteiger partial charge in [0.15, 0.2) is 11.0 Å². The number of hydrogen-bond acceptors (Lipinski definition) is 8. The molecular formula is C35H42N2O8S. The van der Waals surface area contributed by atoms with Crippen LogP contribution in [0.15, 0.2) is 41.3 Å². The molecule has 2 aliphatic heterocycles. The third-order valence-electron chi connectivity index (χ3n) is 8.83. The van der Waals surface area contributed by atoms with E-state index in [-0.39, 0.29) is 24.6 Å². The topological polar surface area (TPSA) is 125 Å². The lowest BCUT2D eigenvalue weighted by Crippen LogP contribution is -2.37. The maximum Gasteiger partial charge on any atom is 0.339 e. The van der Waals surface area contributed by atoms with Crippen molar-refractivity contribution in [1.29, 1.82) is 0 Å². The van der Waals surface area contributed by atoms with E-state index >= 15 is 0 Å². The summed E-state index contributed by atoms with van der Waals surface area (Å²) in [5, 5.41) is 11.7. The standard InChI is InChI=1S/C35H42N2O8S/c1-8-43-34(38)33(45-35(5,6)7)32-22(3)24-17-18-36(46(41,42)30-14-10-9-13-28(30)37(39)40)20-27(24)23(4)31(32)26-15-16-29-25(21(26)2)12-11-19-44-29/h9-10,13-16,33H,8,11-12,17-20H2,1-7H3/t33-/m0/s1. The number of benzene rings is 3. The number of esters is 1. The predicted molar refractivity (Wildman–Crippen MR) is 175 cm³/mol. The first kappa shape index (κ1) is 33.6. The Labute approximate surface area is 270 Å². The number of ether oxygens (including phenoxy) is 3. The van der Waals surface area contributed by atoms with Gasteiger partial charge in [0.1, 0.15) is 5.75 Å². The second kappa shape index (κ2) is 12.8. The van der Waals surface area contributed by atoms with Crippen LogP contribution in [0.5, 0.6) is 5.75 Å². The fraction of sp³-hybridized carbons (Fsp3) is 0.457. The Morgan fingerprint density at radius 2 is 1.74 bits per heavy atom. The number of fused-ring (bicyclic) bond motifs is 2. The Morgan fingerprint density at radius 3 is 2.41 bits per heavy atom. The third-order valence-corrected chi connectivity index (χ3v) is 10.7. The van der Waals surface area contributed by atoms with Crippen LogP contribution in [0.1, 0.15) is 79.2 Å². The minimum Gasteiger partial charge on any atom is -0.493 e. The number of hydrogen-bond donors (Lipinski definition) is 0. The van der Waals surface area contributed by atoms with Gasteiger partial charge in [0.05, 0.1) is 23.7 Å². The first-order chi connectivity index (χ1) is 21.7. The molecule has 0 spiro atoms. The van der Waals surface area contributed by atoms with Crippen molar-refractivity contribution < 1.29 is 32.3 Å². The molecule has 2 aliphatic rings. The van der Waals surface area contributed by atoms with Crippen molar-refractivity contribution >= 4 is 21.7 Å². The lowest BCUT2D eigenvalue weighted by Gasteiger charge is -2.35. The molecule has 0 saturated heterocycles. The van der Waals surface area contributed by atoms with Gasteiger partial charge >= 0.3 is 5.97 Å². The molecule has 0 radical (unpaired) electrons. The van der Waals surface area contributed by atoms with Gasteiger partial charge in [0, 0.05) is 24.7 Å². The van der Waals surface area contributed by atoms with Gasteiger partial charge in [0.2, 0.25) is 10.0 Å². The maximum absolute atomic E-state index is 13.9. The molecule has 0 N–H and O–H groups in total. The van der Waals surface area contributed by atoms with Gasteiger partial charge in [-0.05, 0) is 124 Å². The molecule has 5 rings (SSSR count). The molecule has 0 saturated carbocycles. The molecule has 0 aromatic heterocycles. The zero-order valence-corrected chi connectivity index (χ0v) is 28.4. The van der Waals surface area contributed by atoms with Crippen molar-refractivity contribution in [3.05, 3.63) is 85.5 Å². The molecule has 3 aromatic carbocycles. The summed E-state index contributed by atoms with van der Waals surface area (Å²) in [4.78, 5) is 24.4. The molecule has 0 amide bonds. The van der Waals surface area contributed by atoms with Crippen LogP contribution in [-0.2, 0) is 43.7 Å². The van der Waals surface area contributed by atoms with Gasteiger partial charge in [-0.3, -0.25) is 10.1 Å². The summed E-state index contributed by atoms with van der Waals surface area (Å²) in [5.41, 5.74) is 6.83. The highest BCUT2D eigenvalue weighted by molar-refractivity contribution is 7.89. The van der Waals surface area contributed by atoms with Gasteiger partial charge in [-0.25, -0.2) is 13.2 Å². The summed E-state index contributed by atoms with van der Waals surface area (Å²) in [7, 11) is -4.20. The van der Waals surface area contributed by atoms with Crippen molar-refractivity contribution in [3.8, 4) is 16.9 Å². The molecule has 11 heteroatoms. The first-order valence-electron chi connectivity index (χ1n) is 15.7. The molecule has 0 unspecified atom stereocenters. The van der Waals surface area contributed by atoms with Crippen LogP contribution in [0.2, 0.25) is 0 Å². The number of carbonyl (C=O) groups excluding carboxylic acids is 1. The first-order valence-corrected chi connectivity index (χ1v) is 17.1. The predicted octanol–water partition coefficient (Wildman–Crippen LogP) is 6.68. The van der Waals surface area contributed by atoms with Crippen molar-refractivity contribution in [1.82, 2.24) is 4.31 Å². The smallest absolute Gasteiger partial charge is 0.339 e. The van der Waals surface area contributed by atoms with E-state index in [1.54, 1.807) is 6.92 Å². The second-order valence-electron chi connectivity index (χ2n) is 12.8. The van der Waals surface area contributed by atoms with Crippen LogP contribution in [0.25, 0.3) is 11.1 Å². The van der Waals surface area contributed by atoms with E-state index in [0.29, 0.717) is 18.6 Å². The van der Waals surface area contributed by atoms with Crippen LogP contribution >= 0.6 is 0 Å². The Hall–Kier alpha value is -3.80. The summed E-state index contributed by atoms with van der Waals surface area (Å²) in [5.74, 6) is 0.354. The molecule has 46 heavy (non-hydrogen) atoms. The number of nitro benzene ring substituents is 1. The number of nitro groups is 1. The Kier molecular flexibility index (Phi) is 9.32. The average Bonchev–Trinajstić information content (AvgIpc) is 3.01. The van der Waals surface area contributed by atoms with E-state index in [0.717, 1.165) is 63.1 Å². The summed E-state index contributed by atoms with van der Waals surface area (Å²) < 4.78 is 47.1. The molecule has 3 aromatic rings. The van der Waals surface area contributed by atoms with Crippen LogP contribution in [0, 0.1) is 30.9 Å². The van der Waals surface area contributed by atoms with Gasteiger partial charge in [-0.2, -0.15) is 4.31 Å². The molecule has 2 heterocycles. The van der Waals surface area contributed by atoms with E-state index < -0.39 is 38.3 Å². The normalized spacial score (nSPS) is 15.8. The van der Waals surface area contributed by atoms with Crippen LogP contribution in [-0.4, -0.2) is 49.0 Å².